The Hall–Kier alpha value is -3.97. The van der Waals surface area contributed by atoms with E-state index >= 15 is 4.39 Å². The summed E-state index contributed by atoms with van der Waals surface area (Å²) >= 11 is 0. The molecule has 1 aliphatic heterocycles. The molecular weight excluding hydrogens is 463 g/mol. The molecule has 1 atom stereocenters. The molecule has 2 aromatic rings. The number of amidine groups is 1. The molecule has 2 heterocycles. The van der Waals surface area contributed by atoms with E-state index in [1.165, 1.54) is 16.6 Å². The molecule has 4 N–H and O–H groups in total. The number of carboxylic acid groups (broad SMARTS) is 1. The third-order valence-corrected chi connectivity index (χ3v) is 5.73. The van der Waals surface area contributed by atoms with Gasteiger partial charge in [0.05, 0.1) is 29.1 Å². The highest BCUT2D eigenvalue weighted by atomic mass is 19.3. The molecule has 1 aromatic heterocycles. The SMILES string of the molecule is CO/N=C1\CN(c2c(F)cc3c(=O)c(C(=O)O)cn(C4CC4)c3c2OC(F)F)CC1/C(N)=N\O. The molecule has 34 heavy (non-hydrogen) atoms. The van der Waals surface area contributed by atoms with E-state index in [9.17, 15) is 23.5 Å². The summed E-state index contributed by atoms with van der Waals surface area (Å²) in [6.45, 7) is -3.64. The average molecular weight is 483 g/mol. The van der Waals surface area contributed by atoms with Crippen molar-refractivity contribution >= 4 is 34.1 Å². The van der Waals surface area contributed by atoms with Gasteiger partial charge in [0.1, 0.15) is 24.2 Å². The molecule has 1 aliphatic carbocycles. The molecule has 2 aliphatic rings. The van der Waals surface area contributed by atoms with E-state index in [1.807, 2.05) is 0 Å². The summed E-state index contributed by atoms with van der Waals surface area (Å²) in [7, 11) is 1.26. The molecule has 0 radical (unpaired) electrons. The van der Waals surface area contributed by atoms with Crippen LogP contribution in [0.5, 0.6) is 5.75 Å². The van der Waals surface area contributed by atoms with Gasteiger partial charge < -0.3 is 35.1 Å². The molecule has 0 amide bonds. The van der Waals surface area contributed by atoms with Crippen LogP contribution in [-0.4, -0.2) is 59.2 Å². The number of carboxylic acids is 1. The molecule has 1 aromatic carbocycles. The standard InChI is InChI=1S/C20H20F3N5O6/c1-33-26-13-7-27(5-10(13)18(24)25-32)15-12(21)4-9-14(17(15)34-20(22)23)28(8-2-3-8)6-11(16(9)29)19(30)31/h4,6,8,10,20,32H,2-3,5,7H2,1H3,(H2,24,25)(H,30,31)/b26-13+. The number of nitrogens with zero attached hydrogens (tertiary/aromatic N) is 4. The van der Waals surface area contributed by atoms with Crippen LogP contribution in [0.3, 0.4) is 0 Å². The van der Waals surface area contributed by atoms with Crippen LogP contribution in [-0.2, 0) is 4.84 Å². The highest BCUT2D eigenvalue weighted by Crippen LogP contribution is 2.45. The molecule has 4 rings (SSSR count). The van der Waals surface area contributed by atoms with Gasteiger partial charge in [0, 0.05) is 18.8 Å². The number of carbonyl (C=O) groups is 1. The summed E-state index contributed by atoms with van der Waals surface area (Å²) in [4.78, 5) is 30.4. The van der Waals surface area contributed by atoms with Crippen LogP contribution < -0.4 is 20.8 Å². The number of hydrogen-bond donors (Lipinski definition) is 3. The summed E-state index contributed by atoms with van der Waals surface area (Å²) in [6, 6.07) is 0.536. The summed E-state index contributed by atoms with van der Waals surface area (Å²) in [5, 5.41) is 24.8. The Labute approximate surface area is 189 Å². The van der Waals surface area contributed by atoms with Crippen molar-refractivity contribution in [1.29, 1.82) is 0 Å². The van der Waals surface area contributed by atoms with Crippen molar-refractivity contribution in [1.82, 2.24) is 4.57 Å². The van der Waals surface area contributed by atoms with Crippen LogP contribution in [0, 0.1) is 11.7 Å². The van der Waals surface area contributed by atoms with Crippen LogP contribution in [0.15, 0.2) is 27.4 Å². The summed E-state index contributed by atoms with van der Waals surface area (Å²) in [5.41, 5.74) is 3.76. The number of aromatic carboxylic acids is 1. The number of halogens is 3. The van der Waals surface area contributed by atoms with Gasteiger partial charge in [0.15, 0.2) is 11.6 Å². The molecule has 2 fully saturated rings. The molecule has 11 nitrogen and oxygen atoms in total. The normalized spacial score (nSPS) is 19.9. The van der Waals surface area contributed by atoms with Crippen LogP contribution in [0.25, 0.3) is 10.9 Å². The zero-order valence-electron chi connectivity index (χ0n) is 17.7. The quantitative estimate of drug-likeness (QED) is 0.234. The summed E-state index contributed by atoms with van der Waals surface area (Å²) in [6.07, 6.45) is 2.28. The largest absolute Gasteiger partial charge is 0.477 e. The van der Waals surface area contributed by atoms with Gasteiger partial charge in [-0.05, 0) is 18.9 Å². The maximum atomic E-state index is 15.4. The Morgan fingerprint density at radius 3 is 2.62 bits per heavy atom. The third-order valence-electron chi connectivity index (χ3n) is 5.73. The lowest BCUT2D eigenvalue weighted by Crippen LogP contribution is -2.31. The van der Waals surface area contributed by atoms with E-state index < -0.39 is 52.1 Å². The molecular formula is C20H20F3N5O6. The zero-order valence-corrected chi connectivity index (χ0v) is 17.7. The van der Waals surface area contributed by atoms with Crippen molar-refractivity contribution in [2.24, 2.45) is 22.0 Å². The maximum absolute atomic E-state index is 15.4. The van der Waals surface area contributed by atoms with Crippen LogP contribution in [0.4, 0.5) is 18.9 Å². The van der Waals surface area contributed by atoms with Crippen molar-refractivity contribution in [3.05, 3.63) is 33.9 Å². The van der Waals surface area contributed by atoms with E-state index in [0.717, 1.165) is 12.3 Å². The number of alkyl halides is 2. The van der Waals surface area contributed by atoms with Crippen molar-refractivity contribution in [3.8, 4) is 5.75 Å². The Bertz CT molecular complexity index is 1270. The third kappa shape index (κ3) is 3.95. The molecule has 0 bridgehead atoms. The van der Waals surface area contributed by atoms with Crippen molar-refractivity contribution in [2.45, 2.75) is 25.5 Å². The minimum Gasteiger partial charge on any atom is -0.477 e. The van der Waals surface area contributed by atoms with E-state index in [-0.39, 0.29) is 36.2 Å². The number of hydrogen-bond acceptors (Lipinski definition) is 8. The van der Waals surface area contributed by atoms with E-state index in [2.05, 4.69) is 10.3 Å². The Balaban J connectivity index is 2.00. The van der Waals surface area contributed by atoms with Gasteiger partial charge in [0.25, 0.3) is 0 Å². The molecule has 0 spiro atoms. The monoisotopic (exact) mass is 483 g/mol. The molecule has 1 saturated heterocycles. The van der Waals surface area contributed by atoms with Gasteiger partial charge in [-0.3, -0.25) is 4.79 Å². The lowest BCUT2D eigenvalue weighted by Gasteiger charge is -2.25. The lowest BCUT2D eigenvalue weighted by atomic mass is 10.1. The number of oxime groups is 2. The number of aromatic nitrogens is 1. The highest BCUT2D eigenvalue weighted by molar-refractivity contribution is 6.10. The average Bonchev–Trinajstić information content (AvgIpc) is 3.54. The van der Waals surface area contributed by atoms with Gasteiger partial charge in [0.2, 0.25) is 5.43 Å². The number of benzene rings is 1. The molecule has 14 heteroatoms. The molecule has 1 unspecified atom stereocenters. The van der Waals surface area contributed by atoms with Gasteiger partial charge >= 0.3 is 12.6 Å². The van der Waals surface area contributed by atoms with Gasteiger partial charge in [-0.1, -0.05) is 10.3 Å². The second-order valence-corrected chi connectivity index (χ2v) is 7.85. The number of fused-ring (bicyclic) bond motifs is 1. The number of nitrogens with two attached hydrogens (primary N) is 1. The minimum absolute atomic E-state index is 0.124. The van der Waals surface area contributed by atoms with E-state index in [1.54, 1.807) is 0 Å². The number of rotatable bonds is 7. The first-order chi connectivity index (χ1) is 16.2. The predicted octanol–water partition coefficient (Wildman–Crippen LogP) is 1.96. The first kappa shape index (κ1) is 23.2. The molecule has 1 saturated carbocycles. The predicted molar refractivity (Wildman–Crippen MR) is 114 cm³/mol. The Kier molecular flexibility index (Phi) is 5.98. The van der Waals surface area contributed by atoms with E-state index in [4.69, 9.17) is 20.5 Å². The minimum atomic E-state index is -3.37. The van der Waals surface area contributed by atoms with Gasteiger partial charge in [-0.15, -0.1) is 0 Å². The number of pyridine rings is 1. The fraction of sp³-hybridized carbons (Fsp3) is 0.400. The second-order valence-electron chi connectivity index (χ2n) is 7.85. The van der Waals surface area contributed by atoms with Crippen LogP contribution >= 0.6 is 0 Å². The lowest BCUT2D eigenvalue weighted by molar-refractivity contribution is -0.0488. The maximum Gasteiger partial charge on any atom is 0.387 e. The highest BCUT2D eigenvalue weighted by Gasteiger charge is 2.38. The smallest absolute Gasteiger partial charge is 0.387 e. The van der Waals surface area contributed by atoms with E-state index in [0.29, 0.717) is 12.8 Å². The Morgan fingerprint density at radius 2 is 2.06 bits per heavy atom. The van der Waals surface area contributed by atoms with Crippen LogP contribution in [0.2, 0.25) is 0 Å². The van der Waals surface area contributed by atoms with Crippen molar-refractivity contribution in [3.63, 3.8) is 0 Å². The van der Waals surface area contributed by atoms with Gasteiger partial charge in [-0.25, -0.2) is 9.18 Å². The fourth-order valence-electron chi connectivity index (χ4n) is 4.14. The van der Waals surface area contributed by atoms with Crippen molar-refractivity contribution in [2.75, 3.05) is 25.1 Å². The molecule has 182 valence electrons. The topological polar surface area (TPSA) is 152 Å². The van der Waals surface area contributed by atoms with Crippen molar-refractivity contribution < 1.29 is 37.9 Å². The summed E-state index contributed by atoms with van der Waals surface area (Å²) in [5.74, 6) is -4.31. The van der Waals surface area contributed by atoms with Gasteiger partial charge in [-0.2, -0.15) is 8.78 Å². The number of anilines is 1. The zero-order chi connectivity index (χ0) is 24.7. The van der Waals surface area contributed by atoms with Crippen LogP contribution in [0.1, 0.15) is 29.2 Å². The Morgan fingerprint density at radius 1 is 1.35 bits per heavy atom. The first-order valence-corrected chi connectivity index (χ1v) is 10.1. The first-order valence-electron chi connectivity index (χ1n) is 10.1. The summed E-state index contributed by atoms with van der Waals surface area (Å²) < 4.78 is 48.5. The second kappa shape index (κ2) is 8.76. The number of ether oxygens (including phenoxy) is 1. The fourth-order valence-corrected chi connectivity index (χ4v) is 4.14.